The fourth-order valence-electron chi connectivity index (χ4n) is 3.22. The molecule has 14 heteroatoms. The van der Waals surface area contributed by atoms with Gasteiger partial charge in [0, 0.05) is 58.0 Å². The van der Waals surface area contributed by atoms with E-state index in [1.807, 2.05) is 0 Å². The average molecular weight is 572 g/mol. The maximum atomic E-state index is 14.8. The monoisotopic (exact) mass is 571 g/mol. The molecule has 0 spiro atoms. The van der Waals surface area contributed by atoms with E-state index in [2.05, 4.69) is 40.6 Å². The van der Waals surface area contributed by atoms with Gasteiger partial charge in [-0.25, -0.2) is 18.6 Å². The van der Waals surface area contributed by atoms with E-state index in [-0.39, 0.29) is 36.4 Å². The third-order valence-electron chi connectivity index (χ3n) is 5.05. The van der Waals surface area contributed by atoms with Crippen LogP contribution in [-0.4, -0.2) is 53.6 Å². The highest BCUT2D eigenvalue weighted by Crippen LogP contribution is 2.37. The Bertz CT molecular complexity index is 1260. The number of carbonyl (C=O) groups is 1. The zero-order chi connectivity index (χ0) is 27.2. The molecule has 0 aliphatic carbocycles. The fourth-order valence-corrected chi connectivity index (χ4v) is 4.50. The van der Waals surface area contributed by atoms with E-state index in [1.165, 1.54) is 12.3 Å². The molecule has 1 aromatic carbocycles. The molecule has 37 heavy (non-hydrogen) atoms. The lowest BCUT2D eigenvalue weighted by Crippen LogP contribution is -2.36. The van der Waals surface area contributed by atoms with Crippen molar-refractivity contribution in [1.82, 2.24) is 20.2 Å². The number of fused-ring (bicyclic) bond motifs is 1. The predicted molar refractivity (Wildman–Crippen MR) is 146 cm³/mol. The second-order valence-corrected chi connectivity index (χ2v) is 15.7. The average Bonchev–Trinajstić information content (AvgIpc) is 3.12. The summed E-state index contributed by atoms with van der Waals surface area (Å²) in [7, 11) is -1.24. The first-order chi connectivity index (χ1) is 17.4. The van der Waals surface area contributed by atoms with Crippen LogP contribution in [0.25, 0.3) is 11.0 Å². The van der Waals surface area contributed by atoms with Gasteiger partial charge in [0.15, 0.2) is 22.5 Å². The van der Waals surface area contributed by atoms with Crippen LogP contribution in [0.15, 0.2) is 30.6 Å². The largest absolute Gasteiger partial charge is 0.465 e. The van der Waals surface area contributed by atoms with Gasteiger partial charge in [0.05, 0.1) is 10.4 Å². The van der Waals surface area contributed by atoms with Gasteiger partial charge in [-0.3, -0.25) is 0 Å². The van der Waals surface area contributed by atoms with Crippen LogP contribution in [0, 0.1) is 11.6 Å². The quantitative estimate of drug-likeness (QED) is 0.133. The van der Waals surface area contributed by atoms with Gasteiger partial charge in [-0.2, -0.15) is 0 Å². The number of nitrogens with one attached hydrogen (secondary N) is 3. The van der Waals surface area contributed by atoms with E-state index in [1.54, 1.807) is 10.8 Å². The third-order valence-corrected chi connectivity index (χ3v) is 7.29. The molecule has 0 aliphatic rings. The number of carboxylic acid groups (broad SMARTS) is 1. The first-order valence-electron chi connectivity index (χ1n) is 11.3. The summed E-state index contributed by atoms with van der Waals surface area (Å²) >= 11 is 11.5. The highest BCUT2D eigenvalue weighted by Gasteiger charge is 2.19. The summed E-state index contributed by atoms with van der Waals surface area (Å²) in [4.78, 5) is 14.8. The summed E-state index contributed by atoms with van der Waals surface area (Å²) in [6.45, 7) is 7.91. The molecule has 2 aromatic heterocycles. The molecule has 0 fully saturated rings. The van der Waals surface area contributed by atoms with Crippen LogP contribution in [0.4, 0.5) is 19.3 Å². The Labute approximate surface area is 224 Å². The molecule has 0 radical (unpaired) electrons. The van der Waals surface area contributed by atoms with E-state index >= 15 is 0 Å². The molecule has 9 nitrogen and oxygen atoms in total. The van der Waals surface area contributed by atoms with Gasteiger partial charge in [-0.1, -0.05) is 31.2 Å². The maximum Gasteiger partial charge on any atom is 0.404 e. The van der Waals surface area contributed by atoms with Crippen molar-refractivity contribution in [3.05, 3.63) is 47.2 Å². The van der Waals surface area contributed by atoms with Gasteiger partial charge >= 0.3 is 6.09 Å². The molecule has 4 N–H and O–H groups in total. The summed E-state index contributed by atoms with van der Waals surface area (Å²) in [6, 6.07) is 4.53. The Morgan fingerprint density at radius 1 is 1.22 bits per heavy atom. The zero-order valence-electron chi connectivity index (χ0n) is 20.5. The minimum atomic E-state index is -1.24. The molecule has 3 aromatic rings. The molecule has 1 amide bonds. The lowest BCUT2D eigenvalue weighted by molar-refractivity contribution is 0.0899. The topological polar surface area (TPSA) is 110 Å². The molecule has 0 unspecified atom stereocenters. The SMILES string of the molecule is C[Si](C)(C)CCOCn1cc(Cl)c2c(Oc3c(F)cc(NC(=S)NCCNC(=O)O)cc3F)ccnc21. The maximum absolute atomic E-state index is 14.8. The van der Waals surface area contributed by atoms with Crippen LogP contribution in [-0.2, 0) is 11.5 Å². The van der Waals surface area contributed by atoms with Gasteiger partial charge in [0.2, 0.25) is 0 Å². The summed E-state index contributed by atoms with van der Waals surface area (Å²) in [5.74, 6) is -2.41. The Kier molecular flexibility index (Phi) is 9.65. The highest BCUT2D eigenvalue weighted by atomic mass is 35.5. The normalized spacial score (nSPS) is 11.4. The number of hydrogen-bond acceptors (Lipinski definition) is 5. The van der Waals surface area contributed by atoms with Crippen molar-refractivity contribution in [2.24, 2.45) is 0 Å². The molecular formula is C23H28ClF2N5O4SSi. The van der Waals surface area contributed by atoms with Crippen molar-refractivity contribution in [3.63, 3.8) is 0 Å². The molecule has 0 saturated heterocycles. The van der Waals surface area contributed by atoms with Crippen LogP contribution in [0.5, 0.6) is 11.5 Å². The molecule has 0 atom stereocenters. The number of rotatable bonds is 11. The number of amides is 1. The molecule has 2 heterocycles. The highest BCUT2D eigenvalue weighted by molar-refractivity contribution is 7.80. The Morgan fingerprint density at radius 3 is 2.54 bits per heavy atom. The second-order valence-electron chi connectivity index (χ2n) is 9.29. The van der Waals surface area contributed by atoms with Crippen molar-refractivity contribution in [1.29, 1.82) is 0 Å². The van der Waals surface area contributed by atoms with Crippen molar-refractivity contribution in [2.75, 3.05) is 25.0 Å². The summed E-state index contributed by atoms with van der Waals surface area (Å²) in [6.07, 6.45) is 1.93. The van der Waals surface area contributed by atoms with Gasteiger partial charge in [0.25, 0.3) is 0 Å². The number of anilines is 1. The van der Waals surface area contributed by atoms with E-state index in [0.717, 1.165) is 18.2 Å². The first-order valence-corrected chi connectivity index (χ1v) is 15.8. The van der Waals surface area contributed by atoms with Gasteiger partial charge < -0.3 is 35.1 Å². The zero-order valence-corrected chi connectivity index (χ0v) is 23.1. The van der Waals surface area contributed by atoms with E-state index in [4.69, 9.17) is 38.4 Å². The molecule has 0 bridgehead atoms. The number of ether oxygens (including phenoxy) is 2. The summed E-state index contributed by atoms with van der Waals surface area (Å²) < 4.78 is 42.8. The van der Waals surface area contributed by atoms with Crippen molar-refractivity contribution in [3.8, 4) is 11.5 Å². The number of benzene rings is 1. The molecule has 0 aliphatic heterocycles. The smallest absolute Gasteiger partial charge is 0.404 e. The minimum Gasteiger partial charge on any atom is -0.465 e. The first kappa shape index (κ1) is 28.6. The third kappa shape index (κ3) is 8.25. The summed E-state index contributed by atoms with van der Waals surface area (Å²) in [5.41, 5.74) is 0.508. The summed E-state index contributed by atoms with van der Waals surface area (Å²) in [5, 5.41) is 16.8. The van der Waals surface area contributed by atoms with Crippen molar-refractivity contribution >= 4 is 59.8 Å². The standard InChI is InChI=1S/C23H28ClF2N5O4SSi/c1-37(2,3)9-8-34-13-31-12-15(24)19-18(4-5-27-21(19)31)35-20-16(25)10-14(11-17(20)26)30-22(36)28-6-7-29-23(32)33/h4-5,10-12,29H,6-9,13H2,1-3H3,(H,32,33)(H2,28,30,36). The fraction of sp³-hybridized carbons (Fsp3) is 0.348. The Morgan fingerprint density at radius 2 is 1.89 bits per heavy atom. The minimum absolute atomic E-state index is 0.0468. The number of hydrogen-bond donors (Lipinski definition) is 4. The van der Waals surface area contributed by atoms with Crippen LogP contribution in [0.1, 0.15) is 0 Å². The molecule has 0 saturated carbocycles. The van der Waals surface area contributed by atoms with Crippen molar-refractivity contribution in [2.45, 2.75) is 32.4 Å². The van der Waals surface area contributed by atoms with Crippen LogP contribution in [0.2, 0.25) is 30.7 Å². The second kappa shape index (κ2) is 12.5. The lowest BCUT2D eigenvalue weighted by atomic mass is 10.2. The molecule has 200 valence electrons. The van der Waals surface area contributed by atoms with Crippen LogP contribution >= 0.6 is 23.8 Å². The van der Waals surface area contributed by atoms with Crippen LogP contribution < -0.4 is 20.7 Å². The van der Waals surface area contributed by atoms with Gasteiger partial charge in [0.1, 0.15) is 18.1 Å². The number of aromatic nitrogens is 2. The molecular weight excluding hydrogens is 544 g/mol. The predicted octanol–water partition coefficient (Wildman–Crippen LogP) is 5.63. The van der Waals surface area contributed by atoms with Gasteiger partial charge in [-0.15, -0.1) is 0 Å². The van der Waals surface area contributed by atoms with Crippen molar-refractivity contribution < 1.29 is 28.2 Å². The van der Waals surface area contributed by atoms with E-state index in [0.29, 0.717) is 22.7 Å². The number of halogens is 3. The van der Waals surface area contributed by atoms with E-state index < -0.39 is 31.6 Å². The Hall–Kier alpha value is -3.00. The molecule has 3 rings (SSSR count). The van der Waals surface area contributed by atoms with E-state index in [9.17, 15) is 13.6 Å². The number of nitrogens with zero attached hydrogens (tertiary/aromatic N) is 2. The van der Waals surface area contributed by atoms with Crippen LogP contribution in [0.3, 0.4) is 0 Å². The lowest BCUT2D eigenvalue weighted by Gasteiger charge is -2.15. The number of pyridine rings is 1. The Balaban J connectivity index is 1.71. The number of thiocarbonyl (C=S) groups is 1. The van der Waals surface area contributed by atoms with Gasteiger partial charge in [-0.05, 0) is 24.3 Å².